The molecule has 3 aromatic carbocycles. The number of rotatable bonds is 4. The molecule has 6 aromatic heterocycles. The Kier molecular flexibility index (Phi) is 5.40. The van der Waals surface area contributed by atoms with Gasteiger partial charge in [-0.15, -0.1) is 0 Å². The second-order valence-electron chi connectivity index (χ2n) is 10.8. The normalized spacial score (nSPS) is 11.6. The highest BCUT2D eigenvalue weighted by Crippen LogP contribution is 2.37. The number of pyridine rings is 4. The number of hydrogen-bond donors (Lipinski definition) is 0. The molecule has 6 heteroatoms. The van der Waals surface area contributed by atoms with Gasteiger partial charge in [0, 0.05) is 22.7 Å². The van der Waals surface area contributed by atoms with Crippen molar-refractivity contribution in [2.75, 3.05) is 0 Å². The zero-order chi connectivity index (χ0) is 29.0. The Balaban J connectivity index is 1.29. The molecule has 0 aliphatic heterocycles. The Morgan fingerprint density at radius 1 is 0.409 bits per heavy atom. The Hall–Kier alpha value is -6.14. The van der Waals surface area contributed by atoms with Crippen molar-refractivity contribution < 1.29 is 0 Å². The zero-order valence-corrected chi connectivity index (χ0v) is 23.5. The van der Waals surface area contributed by atoms with Gasteiger partial charge in [-0.25, -0.2) is 4.98 Å². The summed E-state index contributed by atoms with van der Waals surface area (Å²) in [6.07, 6.45) is 5.71. The van der Waals surface area contributed by atoms with Crippen molar-refractivity contribution in [1.82, 2.24) is 29.1 Å². The van der Waals surface area contributed by atoms with Crippen LogP contribution in [0.15, 0.2) is 146 Å². The first-order valence-electron chi connectivity index (χ1n) is 14.6. The van der Waals surface area contributed by atoms with Crippen LogP contribution in [0.2, 0.25) is 0 Å². The molecule has 9 rings (SSSR count). The number of nitrogens with zero attached hydrogens (tertiary/aromatic N) is 6. The molecule has 0 unspecified atom stereocenters. The second-order valence-corrected chi connectivity index (χ2v) is 10.8. The molecule has 0 saturated carbocycles. The van der Waals surface area contributed by atoms with E-state index in [1.807, 2.05) is 61.1 Å². The van der Waals surface area contributed by atoms with Gasteiger partial charge in [0.2, 0.25) is 0 Å². The number of benzene rings is 3. The van der Waals surface area contributed by atoms with E-state index in [1.165, 1.54) is 0 Å². The maximum absolute atomic E-state index is 5.31. The first-order valence-corrected chi connectivity index (χ1v) is 14.6. The number of fused-ring (bicyclic) bond motifs is 6. The van der Waals surface area contributed by atoms with Crippen molar-refractivity contribution in [2.45, 2.75) is 0 Å². The summed E-state index contributed by atoms with van der Waals surface area (Å²) in [4.78, 5) is 19.8. The fourth-order valence-corrected chi connectivity index (χ4v) is 6.25. The monoisotopic (exact) mass is 564 g/mol. The van der Waals surface area contributed by atoms with Gasteiger partial charge in [-0.3, -0.25) is 15.0 Å². The largest absolute Gasteiger partial charge is 0.306 e. The van der Waals surface area contributed by atoms with E-state index in [1.54, 1.807) is 0 Å². The topological polar surface area (TPSA) is 61.4 Å². The van der Waals surface area contributed by atoms with Gasteiger partial charge >= 0.3 is 0 Å². The molecule has 0 amide bonds. The lowest BCUT2D eigenvalue weighted by atomic mass is 10.1. The molecule has 0 fully saturated rings. The van der Waals surface area contributed by atoms with Crippen molar-refractivity contribution in [1.29, 1.82) is 0 Å². The molecule has 0 aliphatic carbocycles. The Morgan fingerprint density at radius 2 is 0.977 bits per heavy atom. The fourth-order valence-electron chi connectivity index (χ4n) is 6.25. The van der Waals surface area contributed by atoms with Crippen molar-refractivity contribution in [3.63, 3.8) is 0 Å². The third-order valence-electron chi connectivity index (χ3n) is 8.27. The molecule has 0 saturated heterocycles. The summed E-state index contributed by atoms with van der Waals surface area (Å²) >= 11 is 0. The smallest absolute Gasteiger partial charge is 0.116 e. The second kappa shape index (κ2) is 9.71. The van der Waals surface area contributed by atoms with Crippen molar-refractivity contribution in [3.8, 4) is 33.9 Å². The molecule has 0 atom stereocenters. The van der Waals surface area contributed by atoms with Crippen LogP contribution < -0.4 is 0 Å². The van der Waals surface area contributed by atoms with Crippen molar-refractivity contribution in [2.24, 2.45) is 0 Å². The lowest BCUT2D eigenvalue weighted by Crippen LogP contribution is -1.98. The van der Waals surface area contributed by atoms with Gasteiger partial charge in [-0.2, -0.15) is 0 Å². The summed E-state index contributed by atoms with van der Waals surface area (Å²) in [5, 5.41) is 1.09. The SMILES string of the molecule is c1ccc(-c2ccc(-n3c4ccccc4c4nc5c6ncccc6n(-c6ccc(-c7ccccc7)nc6)c5cc43)cn2)cc1. The molecule has 6 nitrogen and oxygen atoms in total. The van der Waals surface area contributed by atoms with E-state index in [0.717, 1.165) is 77.9 Å². The molecule has 9 aromatic rings. The highest BCUT2D eigenvalue weighted by atomic mass is 15.1. The average Bonchev–Trinajstić information content (AvgIpc) is 3.60. The van der Waals surface area contributed by atoms with Crippen LogP contribution in [0.25, 0.3) is 77.9 Å². The number of aromatic nitrogens is 6. The fraction of sp³-hybridized carbons (Fsp3) is 0. The molecule has 0 bridgehead atoms. The van der Waals surface area contributed by atoms with Gasteiger partial charge in [0.1, 0.15) is 11.0 Å². The van der Waals surface area contributed by atoms with Gasteiger partial charge < -0.3 is 9.13 Å². The molecule has 44 heavy (non-hydrogen) atoms. The highest BCUT2D eigenvalue weighted by molar-refractivity contribution is 6.14. The summed E-state index contributed by atoms with van der Waals surface area (Å²) in [7, 11) is 0. The van der Waals surface area contributed by atoms with Gasteiger partial charge in [0.05, 0.1) is 62.7 Å². The van der Waals surface area contributed by atoms with E-state index in [9.17, 15) is 0 Å². The summed E-state index contributed by atoms with van der Waals surface area (Å²) in [5.74, 6) is 0. The number of para-hydroxylation sites is 1. The summed E-state index contributed by atoms with van der Waals surface area (Å²) in [5.41, 5.74) is 12.7. The van der Waals surface area contributed by atoms with Crippen molar-refractivity contribution >= 4 is 44.0 Å². The van der Waals surface area contributed by atoms with Crippen LogP contribution in [-0.2, 0) is 0 Å². The third-order valence-corrected chi connectivity index (χ3v) is 8.27. The summed E-state index contributed by atoms with van der Waals surface area (Å²) in [6, 6.07) is 43.6. The number of hydrogen-bond acceptors (Lipinski definition) is 4. The van der Waals surface area contributed by atoms with Crippen LogP contribution in [0.4, 0.5) is 0 Å². The maximum Gasteiger partial charge on any atom is 0.116 e. The standard InChI is InChI=1S/C38H24N6/c1-3-10-25(11-4-1)30-19-17-27(23-40-30)43-32-15-8-7-14-29(32)36-34(43)22-35-38(42-36)37-33(16-9-21-39-37)44(35)28-18-20-31(41-24-28)26-12-5-2-6-13-26/h1-24H. The highest BCUT2D eigenvalue weighted by Gasteiger charge is 2.20. The van der Waals surface area contributed by atoms with Crippen LogP contribution in [0.5, 0.6) is 0 Å². The van der Waals surface area contributed by atoms with E-state index in [-0.39, 0.29) is 0 Å². The lowest BCUT2D eigenvalue weighted by Gasteiger charge is -2.10. The summed E-state index contributed by atoms with van der Waals surface area (Å²) in [6.45, 7) is 0. The Labute approximate surface area is 252 Å². The lowest BCUT2D eigenvalue weighted by molar-refractivity contribution is 1.13. The molecule has 0 spiro atoms. The molecule has 0 aliphatic rings. The predicted octanol–water partition coefficient (Wildman–Crippen LogP) is 8.79. The average molecular weight is 565 g/mol. The molecule has 0 radical (unpaired) electrons. The summed E-state index contributed by atoms with van der Waals surface area (Å²) < 4.78 is 4.47. The first kappa shape index (κ1) is 24.5. The Morgan fingerprint density at radius 3 is 1.61 bits per heavy atom. The van der Waals surface area contributed by atoms with Gasteiger partial charge in [0.25, 0.3) is 0 Å². The minimum absolute atomic E-state index is 0.862. The minimum Gasteiger partial charge on any atom is -0.306 e. The van der Waals surface area contributed by atoms with Gasteiger partial charge in [-0.05, 0) is 48.5 Å². The van der Waals surface area contributed by atoms with E-state index in [4.69, 9.17) is 19.9 Å². The van der Waals surface area contributed by atoms with Gasteiger partial charge in [0.15, 0.2) is 0 Å². The van der Waals surface area contributed by atoms with Crippen LogP contribution in [0.1, 0.15) is 0 Å². The molecular formula is C38H24N6. The minimum atomic E-state index is 0.862. The molecular weight excluding hydrogens is 540 g/mol. The zero-order valence-electron chi connectivity index (χ0n) is 23.5. The van der Waals surface area contributed by atoms with Gasteiger partial charge in [-0.1, -0.05) is 78.9 Å². The van der Waals surface area contributed by atoms with Crippen LogP contribution in [-0.4, -0.2) is 29.1 Å². The molecule has 6 heterocycles. The van der Waals surface area contributed by atoms with Crippen LogP contribution in [0, 0.1) is 0 Å². The van der Waals surface area contributed by atoms with E-state index in [2.05, 4.69) is 94.1 Å². The van der Waals surface area contributed by atoms with E-state index >= 15 is 0 Å². The molecule has 0 N–H and O–H groups in total. The molecule has 206 valence electrons. The Bertz CT molecular complexity index is 2290. The van der Waals surface area contributed by atoms with Crippen LogP contribution >= 0.6 is 0 Å². The maximum atomic E-state index is 5.31. The first-order chi connectivity index (χ1) is 21.8. The predicted molar refractivity (Wildman–Crippen MR) is 177 cm³/mol. The van der Waals surface area contributed by atoms with E-state index < -0.39 is 0 Å². The van der Waals surface area contributed by atoms with Crippen molar-refractivity contribution in [3.05, 3.63) is 146 Å². The third kappa shape index (κ3) is 3.75. The quantitative estimate of drug-likeness (QED) is 0.214. The van der Waals surface area contributed by atoms with E-state index in [0.29, 0.717) is 0 Å². The van der Waals surface area contributed by atoms with Crippen LogP contribution in [0.3, 0.4) is 0 Å².